The van der Waals surface area contributed by atoms with Crippen molar-refractivity contribution in [2.75, 3.05) is 19.0 Å². The fraction of sp³-hybridized carbons (Fsp3) is 0.467. The van der Waals surface area contributed by atoms with Crippen molar-refractivity contribution in [1.82, 2.24) is 5.32 Å². The largest absolute Gasteiger partial charge is 0.465 e. The van der Waals surface area contributed by atoms with Gasteiger partial charge in [-0.15, -0.1) is 0 Å². The summed E-state index contributed by atoms with van der Waals surface area (Å²) in [6.45, 7) is 6.62. The van der Waals surface area contributed by atoms with Crippen molar-refractivity contribution in [3.63, 3.8) is 0 Å². The molecule has 0 atom stereocenters. The second kappa shape index (κ2) is 7.43. The number of halogens is 1. The molecule has 0 aliphatic heterocycles. The minimum Gasteiger partial charge on any atom is -0.465 e. The van der Waals surface area contributed by atoms with Gasteiger partial charge in [0.05, 0.1) is 18.4 Å². The molecule has 1 aromatic rings. The summed E-state index contributed by atoms with van der Waals surface area (Å²) < 4.78 is 4.68. The number of benzene rings is 1. The average molecular weight is 313 g/mol. The first kappa shape index (κ1) is 17.5. The maximum atomic E-state index is 11.9. The van der Waals surface area contributed by atoms with E-state index >= 15 is 0 Å². The number of anilines is 1. The lowest BCUT2D eigenvalue weighted by Crippen LogP contribution is -2.37. The van der Waals surface area contributed by atoms with E-state index < -0.39 is 5.97 Å². The van der Waals surface area contributed by atoms with Crippen molar-refractivity contribution in [1.29, 1.82) is 0 Å². The number of esters is 1. The van der Waals surface area contributed by atoms with Crippen molar-refractivity contribution in [3.8, 4) is 0 Å². The average Bonchev–Trinajstić information content (AvgIpc) is 2.36. The van der Waals surface area contributed by atoms with Gasteiger partial charge in [0.25, 0.3) is 0 Å². The molecule has 0 saturated carbocycles. The Morgan fingerprint density at radius 2 is 1.95 bits per heavy atom. The van der Waals surface area contributed by atoms with E-state index in [1.54, 1.807) is 6.07 Å². The molecule has 0 unspecified atom stereocenters. The molecule has 0 saturated heterocycles. The van der Waals surface area contributed by atoms with Crippen LogP contribution in [0, 0.1) is 0 Å². The predicted molar refractivity (Wildman–Crippen MR) is 83.8 cm³/mol. The minimum atomic E-state index is -0.519. The van der Waals surface area contributed by atoms with E-state index in [9.17, 15) is 9.59 Å². The Morgan fingerprint density at radius 1 is 1.29 bits per heavy atom. The molecule has 2 N–H and O–H groups in total. The number of rotatable bonds is 5. The number of carbonyl (C=O) groups is 2. The summed E-state index contributed by atoms with van der Waals surface area (Å²) in [6, 6.07) is 4.63. The Morgan fingerprint density at radius 3 is 2.52 bits per heavy atom. The van der Waals surface area contributed by atoms with E-state index in [1.807, 2.05) is 20.8 Å². The Bertz CT molecular complexity index is 524. The lowest BCUT2D eigenvalue weighted by atomic mass is 10.1. The molecule has 116 valence electrons. The highest BCUT2D eigenvalue weighted by molar-refractivity contribution is 6.31. The summed E-state index contributed by atoms with van der Waals surface area (Å²) in [6.07, 6.45) is 0.296. The van der Waals surface area contributed by atoms with Crippen molar-refractivity contribution in [2.45, 2.75) is 32.7 Å². The zero-order valence-electron chi connectivity index (χ0n) is 12.7. The number of ether oxygens (including phenoxy) is 1. The Hall–Kier alpha value is -1.59. The quantitative estimate of drug-likeness (QED) is 0.820. The van der Waals surface area contributed by atoms with Gasteiger partial charge in [-0.1, -0.05) is 11.6 Å². The second-order valence-electron chi connectivity index (χ2n) is 5.66. The van der Waals surface area contributed by atoms with Crippen LogP contribution in [0.1, 0.15) is 37.6 Å². The first-order valence-corrected chi connectivity index (χ1v) is 7.03. The van der Waals surface area contributed by atoms with Crippen LogP contribution in [-0.4, -0.2) is 31.1 Å². The number of nitrogens with one attached hydrogen (secondary N) is 2. The number of methoxy groups -OCH3 is 1. The van der Waals surface area contributed by atoms with E-state index in [0.29, 0.717) is 23.7 Å². The lowest BCUT2D eigenvalue weighted by Gasteiger charge is -2.20. The highest BCUT2D eigenvalue weighted by atomic mass is 35.5. The standard InChI is InChI=1S/C15H21ClN2O3/c1-15(2,3)17-8-7-13(19)18-12-9-10(16)5-6-11(12)14(20)21-4/h5-6,9,17H,7-8H2,1-4H3,(H,18,19). The second-order valence-corrected chi connectivity index (χ2v) is 6.09. The number of amides is 1. The molecule has 0 heterocycles. The third-order valence-corrected chi connectivity index (χ3v) is 2.90. The molecule has 6 heteroatoms. The van der Waals surface area contributed by atoms with Crippen LogP contribution in [0.25, 0.3) is 0 Å². The van der Waals surface area contributed by atoms with Gasteiger partial charge in [-0.25, -0.2) is 4.79 Å². The van der Waals surface area contributed by atoms with Gasteiger partial charge in [-0.3, -0.25) is 4.79 Å². The van der Waals surface area contributed by atoms with E-state index in [4.69, 9.17) is 11.6 Å². The first-order valence-electron chi connectivity index (χ1n) is 6.65. The number of hydrogen-bond acceptors (Lipinski definition) is 4. The van der Waals surface area contributed by atoms with Gasteiger partial charge in [0.1, 0.15) is 0 Å². The molecule has 0 radical (unpaired) electrons. The maximum absolute atomic E-state index is 11.9. The minimum absolute atomic E-state index is 0.0481. The van der Waals surface area contributed by atoms with Crippen molar-refractivity contribution >= 4 is 29.2 Å². The molecule has 0 bridgehead atoms. The molecule has 21 heavy (non-hydrogen) atoms. The van der Waals surface area contributed by atoms with E-state index in [-0.39, 0.29) is 17.0 Å². The topological polar surface area (TPSA) is 67.4 Å². The summed E-state index contributed by atoms with van der Waals surface area (Å²) >= 11 is 5.90. The molecular weight excluding hydrogens is 292 g/mol. The third-order valence-electron chi connectivity index (χ3n) is 2.67. The van der Waals surface area contributed by atoms with Crippen molar-refractivity contribution in [2.24, 2.45) is 0 Å². The maximum Gasteiger partial charge on any atom is 0.339 e. The number of carbonyl (C=O) groups excluding carboxylic acids is 2. The molecule has 0 aliphatic carbocycles. The van der Waals surface area contributed by atoms with Crippen LogP contribution in [0.4, 0.5) is 5.69 Å². The van der Waals surface area contributed by atoms with Crippen LogP contribution < -0.4 is 10.6 Å². The molecule has 0 aliphatic rings. The summed E-state index contributed by atoms with van der Waals surface area (Å²) in [5, 5.41) is 6.34. The lowest BCUT2D eigenvalue weighted by molar-refractivity contribution is -0.116. The number of hydrogen-bond donors (Lipinski definition) is 2. The van der Waals surface area contributed by atoms with Gasteiger partial charge >= 0.3 is 5.97 Å². The van der Waals surface area contributed by atoms with E-state index in [2.05, 4.69) is 15.4 Å². The highest BCUT2D eigenvalue weighted by Crippen LogP contribution is 2.22. The highest BCUT2D eigenvalue weighted by Gasteiger charge is 2.15. The normalized spacial score (nSPS) is 11.1. The van der Waals surface area contributed by atoms with E-state index in [0.717, 1.165) is 0 Å². The molecular formula is C15H21ClN2O3. The van der Waals surface area contributed by atoms with Gasteiger partial charge in [-0.05, 0) is 39.0 Å². The Kier molecular flexibility index (Phi) is 6.18. The molecule has 0 aromatic heterocycles. The van der Waals surface area contributed by atoms with Crippen LogP contribution in [0.2, 0.25) is 5.02 Å². The van der Waals surface area contributed by atoms with Gasteiger partial charge in [0.15, 0.2) is 0 Å². The van der Waals surface area contributed by atoms with Crippen LogP contribution >= 0.6 is 11.6 Å². The Labute approximate surface area is 130 Å². The van der Waals surface area contributed by atoms with Crippen LogP contribution in [0.15, 0.2) is 18.2 Å². The van der Waals surface area contributed by atoms with Crippen molar-refractivity contribution in [3.05, 3.63) is 28.8 Å². The summed E-state index contributed by atoms with van der Waals surface area (Å²) in [5.74, 6) is -0.714. The SMILES string of the molecule is COC(=O)c1ccc(Cl)cc1NC(=O)CCNC(C)(C)C. The first-order chi connectivity index (χ1) is 9.73. The Balaban J connectivity index is 2.71. The summed E-state index contributed by atoms with van der Waals surface area (Å²) in [5.41, 5.74) is 0.585. The summed E-state index contributed by atoms with van der Waals surface area (Å²) in [7, 11) is 1.29. The van der Waals surface area contributed by atoms with Gasteiger partial charge < -0.3 is 15.4 Å². The van der Waals surface area contributed by atoms with Crippen LogP contribution in [0.5, 0.6) is 0 Å². The predicted octanol–water partition coefficient (Wildman–Crippen LogP) is 2.84. The molecule has 0 fully saturated rings. The van der Waals surface area contributed by atoms with Gasteiger partial charge in [0, 0.05) is 23.5 Å². The van der Waals surface area contributed by atoms with Crippen LogP contribution in [0.3, 0.4) is 0 Å². The molecule has 5 nitrogen and oxygen atoms in total. The zero-order valence-corrected chi connectivity index (χ0v) is 13.5. The van der Waals surface area contributed by atoms with Gasteiger partial charge in [0.2, 0.25) is 5.91 Å². The molecule has 1 amide bonds. The zero-order chi connectivity index (χ0) is 16.0. The molecule has 0 spiro atoms. The van der Waals surface area contributed by atoms with Crippen LogP contribution in [-0.2, 0) is 9.53 Å². The fourth-order valence-corrected chi connectivity index (χ4v) is 1.84. The monoisotopic (exact) mass is 312 g/mol. The smallest absolute Gasteiger partial charge is 0.339 e. The van der Waals surface area contributed by atoms with Gasteiger partial charge in [-0.2, -0.15) is 0 Å². The fourth-order valence-electron chi connectivity index (χ4n) is 1.67. The molecule has 1 rings (SSSR count). The van der Waals surface area contributed by atoms with E-state index in [1.165, 1.54) is 19.2 Å². The molecule has 1 aromatic carbocycles. The van der Waals surface area contributed by atoms with Crippen molar-refractivity contribution < 1.29 is 14.3 Å². The summed E-state index contributed by atoms with van der Waals surface area (Å²) in [4.78, 5) is 23.6. The third kappa shape index (κ3) is 6.14.